The number of rotatable bonds is 11. The maximum absolute atomic E-state index is 14.3. The molecule has 6 rings (SSSR count). The summed E-state index contributed by atoms with van der Waals surface area (Å²) in [6.45, 7) is 5.11. The number of amides is 1. The summed E-state index contributed by atoms with van der Waals surface area (Å²) in [5.41, 5.74) is 4.13. The van der Waals surface area contributed by atoms with Gasteiger partial charge in [0.15, 0.2) is 0 Å². The zero-order valence-corrected chi connectivity index (χ0v) is 27.0. The molecule has 0 aliphatic heterocycles. The van der Waals surface area contributed by atoms with Crippen LogP contribution in [0.3, 0.4) is 0 Å². The molecule has 3 fully saturated rings. The van der Waals surface area contributed by atoms with Crippen LogP contribution in [0.5, 0.6) is 5.75 Å². The summed E-state index contributed by atoms with van der Waals surface area (Å²) in [5.74, 6) is 2.12. The van der Waals surface area contributed by atoms with Gasteiger partial charge < -0.3 is 9.47 Å². The van der Waals surface area contributed by atoms with Crippen LogP contribution in [0.4, 0.5) is 5.82 Å². The van der Waals surface area contributed by atoms with Crippen LogP contribution in [0.1, 0.15) is 101 Å². The van der Waals surface area contributed by atoms with Crippen LogP contribution in [0, 0.1) is 24.7 Å². The molecule has 1 amide bonds. The van der Waals surface area contributed by atoms with Gasteiger partial charge in [-0.2, -0.15) is 5.10 Å². The maximum atomic E-state index is 14.3. The number of aryl methyl sites for hydroxylation is 1. The van der Waals surface area contributed by atoms with Crippen molar-refractivity contribution in [2.75, 3.05) is 25.2 Å². The standard InChI is InChI=1S/C36H47N5O4/c1-4-19-45-36(43)28-11-9-27(10-12-28)35(42)40(34-20-29(17-18-37-34)30-21-38-41(23-30)31-13-14-31)22-25-5-7-26(8-6-25)32-15-16-33(44-3)24(2)39-32/h15-18,20-21,23,25-28,31H,4-14,19,22H2,1-3H3/t25-,26-,27-,28-. The molecule has 3 aliphatic carbocycles. The molecule has 240 valence electrons. The number of carbonyl (C=O) groups excluding carboxylic acids is 2. The molecule has 3 aromatic heterocycles. The van der Waals surface area contributed by atoms with Crippen molar-refractivity contribution >= 4 is 17.7 Å². The summed E-state index contributed by atoms with van der Waals surface area (Å²) in [5, 5.41) is 4.58. The number of carbonyl (C=O) groups is 2. The fourth-order valence-corrected chi connectivity index (χ4v) is 7.09. The second-order valence-electron chi connectivity index (χ2n) is 13.2. The third-order valence-corrected chi connectivity index (χ3v) is 9.99. The highest BCUT2D eigenvalue weighted by Gasteiger charge is 2.35. The molecule has 0 aromatic carbocycles. The van der Waals surface area contributed by atoms with Crippen molar-refractivity contribution in [3.63, 3.8) is 0 Å². The Bertz CT molecular complexity index is 1470. The van der Waals surface area contributed by atoms with Crippen molar-refractivity contribution in [2.24, 2.45) is 17.8 Å². The topological polar surface area (TPSA) is 99.4 Å². The van der Waals surface area contributed by atoms with Gasteiger partial charge in [-0.1, -0.05) is 6.92 Å². The summed E-state index contributed by atoms with van der Waals surface area (Å²) in [6.07, 6.45) is 16.0. The van der Waals surface area contributed by atoms with E-state index in [2.05, 4.69) is 28.1 Å². The molecule has 0 atom stereocenters. The van der Waals surface area contributed by atoms with Gasteiger partial charge in [-0.25, -0.2) is 4.98 Å². The number of pyridine rings is 2. The summed E-state index contributed by atoms with van der Waals surface area (Å²) in [4.78, 5) is 38.3. The average Bonchev–Trinajstić information content (AvgIpc) is 3.81. The summed E-state index contributed by atoms with van der Waals surface area (Å²) < 4.78 is 12.9. The van der Waals surface area contributed by atoms with E-state index >= 15 is 0 Å². The van der Waals surface area contributed by atoms with E-state index < -0.39 is 0 Å². The van der Waals surface area contributed by atoms with Crippen LogP contribution in [0.2, 0.25) is 0 Å². The molecular weight excluding hydrogens is 566 g/mol. The lowest BCUT2D eigenvalue weighted by atomic mass is 9.79. The zero-order chi connectivity index (χ0) is 31.3. The molecule has 0 saturated heterocycles. The summed E-state index contributed by atoms with van der Waals surface area (Å²) >= 11 is 0. The molecule has 0 radical (unpaired) electrons. The Morgan fingerprint density at radius 1 is 0.956 bits per heavy atom. The van der Waals surface area contributed by atoms with Gasteiger partial charge in [0.05, 0.1) is 37.6 Å². The van der Waals surface area contributed by atoms with E-state index in [1.165, 1.54) is 12.8 Å². The Balaban J connectivity index is 1.17. The van der Waals surface area contributed by atoms with Crippen molar-refractivity contribution < 1.29 is 19.1 Å². The van der Waals surface area contributed by atoms with Crippen molar-refractivity contribution in [1.29, 1.82) is 0 Å². The van der Waals surface area contributed by atoms with E-state index in [9.17, 15) is 9.59 Å². The minimum atomic E-state index is -0.119. The van der Waals surface area contributed by atoms with Crippen LogP contribution < -0.4 is 9.64 Å². The Hall–Kier alpha value is -3.75. The number of nitrogens with zero attached hydrogens (tertiary/aromatic N) is 5. The Kier molecular flexibility index (Phi) is 9.81. The smallest absolute Gasteiger partial charge is 0.308 e. The molecular formula is C36H47N5O4. The molecule has 3 saturated carbocycles. The van der Waals surface area contributed by atoms with Crippen LogP contribution in [-0.4, -0.2) is 51.9 Å². The predicted molar refractivity (Wildman–Crippen MR) is 173 cm³/mol. The predicted octanol–water partition coefficient (Wildman–Crippen LogP) is 7.06. The lowest BCUT2D eigenvalue weighted by molar-refractivity contribution is -0.150. The second kappa shape index (κ2) is 14.1. The first kappa shape index (κ1) is 31.2. The first-order valence-electron chi connectivity index (χ1n) is 16.9. The molecule has 3 aliphatic rings. The molecule has 0 N–H and O–H groups in total. The lowest BCUT2D eigenvalue weighted by Crippen LogP contribution is -2.42. The van der Waals surface area contributed by atoms with E-state index in [0.29, 0.717) is 62.5 Å². The number of hydrogen-bond acceptors (Lipinski definition) is 7. The first-order chi connectivity index (χ1) is 21.9. The van der Waals surface area contributed by atoms with Gasteiger partial charge in [-0.3, -0.25) is 24.2 Å². The largest absolute Gasteiger partial charge is 0.495 e. The Morgan fingerprint density at radius 3 is 2.40 bits per heavy atom. The number of methoxy groups -OCH3 is 1. The van der Waals surface area contributed by atoms with E-state index in [-0.39, 0.29) is 23.7 Å². The lowest BCUT2D eigenvalue weighted by Gasteiger charge is -2.35. The first-order valence-corrected chi connectivity index (χ1v) is 16.9. The van der Waals surface area contributed by atoms with Crippen LogP contribution in [0.15, 0.2) is 42.9 Å². The van der Waals surface area contributed by atoms with Crippen molar-refractivity contribution in [2.45, 2.75) is 96.4 Å². The molecule has 9 nitrogen and oxygen atoms in total. The minimum absolute atomic E-state index is 0.107. The highest BCUT2D eigenvalue weighted by atomic mass is 16.5. The number of ether oxygens (including phenoxy) is 2. The third kappa shape index (κ3) is 7.39. The quantitative estimate of drug-likeness (QED) is 0.214. The summed E-state index contributed by atoms with van der Waals surface area (Å²) in [7, 11) is 1.68. The van der Waals surface area contributed by atoms with Gasteiger partial charge in [-0.15, -0.1) is 0 Å². The van der Waals surface area contributed by atoms with Crippen molar-refractivity contribution in [1.82, 2.24) is 19.7 Å². The van der Waals surface area contributed by atoms with E-state index in [1.807, 2.05) is 43.3 Å². The maximum Gasteiger partial charge on any atom is 0.308 e. The number of hydrogen-bond donors (Lipinski definition) is 0. The fourth-order valence-electron chi connectivity index (χ4n) is 7.09. The molecule has 9 heteroatoms. The molecule has 0 spiro atoms. The second-order valence-corrected chi connectivity index (χ2v) is 13.2. The van der Waals surface area contributed by atoms with Crippen LogP contribution in [0.25, 0.3) is 11.1 Å². The van der Waals surface area contributed by atoms with Gasteiger partial charge in [0.25, 0.3) is 0 Å². The van der Waals surface area contributed by atoms with Crippen molar-refractivity contribution in [3.8, 4) is 16.9 Å². The van der Waals surface area contributed by atoms with Crippen LogP contribution >= 0.6 is 0 Å². The fraction of sp³-hybridized carbons (Fsp3) is 0.583. The zero-order valence-electron chi connectivity index (χ0n) is 27.0. The van der Waals surface area contributed by atoms with Crippen LogP contribution in [-0.2, 0) is 14.3 Å². The normalized spacial score (nSPS) is 23.4. The van der Waals surface area contributed by atoms with Gasteiger partial charge >= 0.3 is 5.97 Å². The molecule has 45 heavy (non-hydrogen) atoms. The molecule has 0 bridgehead atoms. The SMILES string of the molecule is CCCOC(=O)[C@H]1CC[C@H](C(=O)N(C[C@H]2CC[C@H](c3ccc(OC)c(C)n3)CC2)c2cc(-c3cnn(C4CC4)c3)ccn2)CC1. The van der Waals surface area contributed by atoms with Gasteiger partial charge in [-0.05, 0) is 113 Å². The molecule has 3 heterocycles. The molecule has 3 aromatic rings. The van der Waals surface area contributed by atoms with Gasteiger partial charge in [0.2, 0.25) is 5.91 Å². The van der Waals surface area contributed by atoms with E-state index in [1.54, 1.807) is 7.11 Å². The van der Waals surface area contributed by atoms with E-state index in [0.717, 1.165) is 60.4 Å². The minimum Gasteiger partial charge on any atom is -0.495 e. The monoisotopic (exact) mass is 613 g/mol. The number of aromatic nitrogens is 4. The Labute approximate surface area is 266 Å². The number of esters is 1. The average molecular weight is 614 g/mol. The third-order valence-electron chi connectivity index (χ3n) is 9.99. The highest BCUT2D eigenvalue weighted by Crippen LogP contribution is 2.39. The number of anilines is 1. The summed E-state index contributed by atoms with van der Waals surface area (Å²) in [6, 6.07) is 8.69. The van der Waals surface area contributed by atoms with Gasteiger partial charge in [0, 0.05) is 42.0 Å². The highest BCUT2D eigenvalue weighted by molar-refractivity contribution is 5.95. The Morgan fingerprint density at radius 2 is 1.71 bits per heavy atom. The molecule has 0 unspecified atom stereocenters. The van der Waals surface area contributed by atoms with Crippen molar-refractivity contribution in [3.05, 3.63) is 54.2 Å². The van der Waals surface area contributed by atoms with E-state index in [4.69, 9.17) is 19.4 Å². The van der Waals surface area contributed by atoms with Gasteiger partial charge in [0.1, 0.15) is 11.6 Å².